The fourth-order valence-corrected chi connectivity index (χ4v) is 5.00. The lowest BCUT2D eigenvalue weighted by molar-refractivity contribution is 0.507. The van der Waals surface area contributed by atoms with Gasteiger partial charge in [0.1, 0.15) is 11.6 Å². The molecule has 0 bridgehead atoms. The van der Waals surface area contributed by atoms with Crippen LogP contribution in [0, 0.1) is 18.6 Å². The average Bonchev–Trinajstić information content (AvgIpc) is 3.10. The van der Waals surface area contributed by atoms with E-state index in [-0.39, 0.29) is 10.5 Å². The Hall–Kier alpha value is -2.45. The molecule has 2 aliphatic heterocycles. The molecule has 0 aromatic heterocycles. The normalized spacial score (nSPS) is 19.3. The first kappa shape index (κ1) is 19.8. The van der Waals surface area contributed by atoms with Crippen LogP contribution in [0.3, 0.4) is 0 Å². The van der Waals surface area contributed by atoms with E-state index in [0.29, 0.717) is 13.0 Å². The van der Waals surface area contributed by atoms with Crippen LogP contribution in [0.5, 0.6) is 0 Å². The molecule has 0 amide bonds. The summed E-state index contributed by atoms with van der Waals surface area (Å²) >= 11 is 0. The Balaban J connectivity index is 1.54. The summed E-state index contributed by atoms with van der Waals surface area (Å²) < 4.78 is 54.7. The molecular weight excluding hydrogens is 396 g/mol. The minimum absolute atomic E-state index is 0.0891. The van der Waals surface area contributed by atoms with Gasteiger partial charge in [-0.15, -0.1) is 0 Å². The average molecular weight is 419 g/mol. The summed E-state index contributed by atoms with van der Waals surface area (Å²) in [7, 11) is -2.10. The van der Waals surface area contributed by atoms with Gasteiger partial charge in [-0.25, -0.2) is 21.9 Å². The summed E-state index contributed by atoms with van der Waals surface area (Å²) in [4.78, 5) is 2.42. The molecule has 29 heavy (non-hydrogen) atoms. The van der Waals surface area contributed by atoms with Crippen molar-refractivity contribution >= 4 is 15.7 Å². The molecule has 154 valence electrons. The lowest BCUT2D eigenvalue weighted by Crippen LogP contribution is -2.32. The van der Waals surface area contributed by atoms with Gasteiger partial charge in [-0.05, 0) is 61.9 Å². The van der Waals surface area contributed by atoms with Gasteiger partial charge in [-0.3, -0.25) is 0 Å². The van der Waals surface area contributed by atoms with Crippen molar-refractivity contribution in [3.63, 3.8) is 0 Å². The number of anilines is 1. The van der Waals surface area contributed by atoms with Crippen molar-refractivity contribution in [1.82, 2.24) is 10.0 Å². The zero-order valence-corrected chi connectivity index (χ0v) is 17.1. The van der Waals surface area contributed by atoms with Crippen LogP contribution >= 0.6 is 0 Å². The predicted octanol–water partition coefficient (Wildman–Crippen LogP) is 3.38. The summed E-state index contributed by atoms with van der Waals surface area (Å²) in [6.45, 7) is 3.28. The number of sulfonamides is 1. The Labute approximate surface area is 169 Å². The van der Waals surface area contributed by atoms with Gasteiger partial charge in [-0.2, -0.15) is 0 Å². The Morgan fingerprint density at radius 3 is 2.55 bits per heavy atom. The predicted molar refractivity (Wildman–Crippen MR) is 108 cm³/mol. The highest BCUT2D eigenvalue weighted by Crippen LogP contribution is 2.38. The molecule has 5 nitrogen and oxygen atoms in total. The van der Waals surface area contributed by atoms with E-state index in [9.17, 15) is 17.2 Å². The molecule has 8 heteroatoms. The van der Waals surface area contributed by atoms with Gasteiger partial charge in [0.2, 0.25) is 10.0 Å². The van der Waals surface area contributed by atoms with Gasteiger partial charge in [0.15, 0.2) is 0 Å². The Morgan fingerprint density at radius 1 is 1.17 bits per heavy atom. The maximum Gasteiger partial charge on any atom is 0.240 e. The summed E-state index contributed by atoms with van der Waals surface area (Å²) in [6, 6.07) is 8.63. The highest BCUT2D eigenvalue weighted by molar-refractivity contribution is 7.89. The number of rotatable bonds is 4. The van der Waals surface area contributed by atoms with Gasteiger partial charge in [0.05, 0.1) is 10.9 Å². The van der Waals surface area contributed by atoms with Crippen molar-refractivity contribution in [3.8, 4) is 0 Å². The molecule has 0 spiro atoms. The monoisotopic (exact) mass is 419 g/mol. The number of hydrogen-bond acceptors (Lipinski definition) is 4. The molecule has 2 aliphatic rings. The van der Waals surface area contributed by atoms with Crippen LogP contribution in [-0.4, -0.2) is 28.6 Å². The van der Waals surface area contributed by atoms with Crippen LogP contribution in [-0.2, 0) is 10.0 Å². The van der Waals surface area contributed by atoms with E-state index in [1.54, 1.807) is 12.1 Å². The summed E-state index contributed by atoms with van der Waals surface area (Å²) in [6.07, 6.45) is 1.30. The number of nitrogens with zero attached hydrogens (tertiary/aromatic N) is 1. The molecule has 4 rings (SSSR count). The van der Waals surface area contributed by atoms with Gasteiger partial charge in [0, 0.05) is 36.5 Å². The van der Waals surface area contributed by atoms with E-state index in [1.165, 1.54) is 25.2 Å². The Morgan fingerprint density at radius 2 is 1.90 bits per heavy atom. The quantitative estimate of drug-likeness (QED) is 0.798. The van der Waals surface area contributed by atoms with Crippen LogP contribution in [0.15, 0.2) is 52.6 Å². The molecule has 0 fully saturated rings. The molecule has 0 saturated carbocycles. The zero-order valence-electron chi connectivity index (χ0n) is 16.3. The van der Waals surface area contributed by atoms with Gasteiger partial charge in [0.25, 0.3) is 0 Å². The number of benzene rings is 2. The minimum atomic E-state index is -3.49. The molecule has 2 heterocycles. The van der Waals surface area contributed by atoms with Crippen LogP contribution in [0.4, 0.5) is 14.5 Å². The maximum absolute atomic E-state index is 14.2. The standard InChI is InChI=1S/C21H23F2N3O2S/c1-13-10-15(29(27,28)24-2)6-7-20(13)26-9-8-18-14(12-26)11-19(25-18)21-16(22)4-3-5-17(21)23/h3-7,10,19,24-25H,8-9,11-12H2,1-2H3. The number of aryl methyl sites for hydroxylation is 1. The van der Waals surface area contributed by atoms with Crippen LogP contribution in [0.25, 0.3) is 0 Å². The second kappa shape index (κ2) is 7.42. The first-order valence-corrected chi connectivity index (χ1v) is 11.0. The fourth-order valence-electron chi connectivity index (χ4n) is 4.19. The molecule has 0 saturated heterocycles. The van der Waals surface area contributed by atoms with Crippen molar-refractivity contribution in [1.29, 1.82) is 0 Å². The van der Waals surface area contributed by atoms with Crippen LogP contribution in [0.1, 0.15) is 30.0 Å². The topological polar surface area (TPSA) is 61.4 Å². The molecular formula is C21H23F2N3O2S. The van der Waals surface area contributed by atoms with E-state index in [1.807, 2.05) is 13.0 Å². The Bertz CT molecular complexity index is 1080. The molecule has 2 aromatic carbocycles. The second-order valence-corrected chi connectivity index (χ2v) is 9.33. The van der Waals surface area contributed by atoms with Gasteiger partial charge in [-0.1, -0.05) is 6.07 Å². The van der Waals surface area contributed by atoms with Crippen molar-refractivity contribution in [2.24, 2.45) is 0 Å². The molecule has 1 unspecified atom stereocenters. The van der Waals surface area contributed by atoms with Crippen LogP contribution < -0.4 is 14.9 Å². The summed E-state index contributed by atoms with van der Waals surface area (Å²) in [5.74, 6) is -1.06. The Kier molecular flexibility index (Phi) is 5.08. The van der Waals surface area contributed by atoms with Crippen molar-refractivity contribution in [2.75, 3.05) is 25.0 Å². The fraction of sp³-hybridized carbons (Fsp3) is 0.333. The van der Waals surface area contributed by atoms with E-state index in [0.717, 1.165) is 35.5 Å². The zero-order chi connectivity index (χ0) is 20.8. The third-order valence-corrected chi connectivity index (χ3v) is 7.09. The highest BCUT2D eigenvalue weighted by Gasteiger charge is 2.32. The van der Waals surface area contributed by atoms with Gasteiger partial charge < -0.3 is 10.2 Å². The van der Waals surface area contributed by atoms with E-state index < -0.39 is 27.7 Å². The first-order chi connectivity index (χ1) is 13.8. The molecule has 2 aromatic rings. The minimum Gasteiger partial charge on any atom is -0.381 e. The van der Waals surface area contributed by atoms with E-state index >= 15 is 0 Å². The number of halogens is 2. The molecule has 2 N–H and O–H groups in total. The molecule has 1 atom stereocenters. The van der Waals surface area contributed by atoms with Crippen LogP contribution in [0.2, 0.25) is 0 Å². The van der Waals surface area contributed by atoms with Crippen molar-refractivity contribution < 1.29 is 17.2 Å². The number of nitrogens with one attached hydrogen (secondary N) is 2. The molecule has 0 radical (unpaired) electrons. The van der Waals surface area contributed by atoms with E-state index in [2.05, 4.69) is 14.9 Å². The molecule has 0 aliphatic carbocycles. The first-order valence-electron chi connectivity index (χ1n) is 9.50. The third kappa shape index (κ3) is 3.62. The van der Waals surface area contributed by atoms with E-state index in [4.69, 9.17) is 0 Å². The lowest BCUT2D eigenvalue weighted by Gasteiger charge is -2.31. The lowest BCUT2D eigenvalue weighted by atomic mass is 9.99. The van der Waals surface area contributed by atoms with Crippen molar-refractivity contribution in [3.05, 3.63) is 70.4 Å². The second-order valence-electron chi connectivity index (χ2n) is 7.45. The SMILES string of the molecule is CNS(=O)(=O)c1ccc(N2CCC3=C(CC(c4c(F)cccc4F)N3)C2)c(C)c1. The van der Waals surface area contributed by atoms with Crippen molar-refractivity contribution in [2.45, 2.75) is 30.7 Å². The summed E-state index contributed by atoms with van der Waals surface area (Å²) in [5.41, 5.74) is 4.11. The summed E-state index contributed by atoms with van der Waals surface area (Å²) in [5, 5.41) is 3.30. The highest BCUT2D eigenvalue weighted by atomic mass is 32.2. The number of hydrogen-bond donors (Lipinski definition) is 2. The smallest absolute Gasteiger partial charge is 0.240 e. The maximum atomic E-state index is 14.2. The largest absolute Gasteiger partial charge is 0.381 e. The third-order valence-electron chi connectivity index (χ3n) is 5.68. The van der Waals surface area contributed by atoms with Gasteiger partial charge >= 0.3 is 0 Å².